The minimum absolute atomic E-state index is 0.0161. The number of hydrogen-bond donors (Lipinski definition) is 3. The lowest BCUT2D eigenvalue weighted by molar-refractivity contribution is -0.136. The van der Waals surface area contributed by atoms with Crippen LogP contribution in [-0.2, 0) is 16.0 Å². The minimum Gasteiger partial charge on any atom is -0.478 e. The lowest BCUT2D eigenvalue weighted by atomic mass is 10.1. The largest absolute Gasteiger partial charge is 0.478 e. The zero-order chi connectivity index (χ0) is 25.5. The molecule has 0 spiro atoms. The molecule has 4 rings (SSSR count). The van der Waals surface area contributed by atoms with Gasteiger partial charge in [0, 0.05) is 33.5 Å². The Hall–Kier alpha value is -2.25. The molecular weight excluding hydrogens is 550 g/mol. The Morgan fingerprint density at radius 1 is 1.14 bits per heavy atom. The van der Waals surface area contributed by atoms with Gasteiger partial charge in [0.25, 0.3) is 0 Å². The number of nitrogens with zero attached hydrogens (tertiary/aromatic N) is 1. The SMILES string of the molecule is O=C(O)c1cc(Cl)ccc1Nc1cc(S(=O)(=O)C2CSCCN2)nc2c(C(F)(F)F)cc(Cl)cc12. The summed E-state index contributed by atoms with van der Waals surface area (Å²) in [7, 11) is -4.19. The highest BCUT2D eigenvalue weighted by molar-refractivity contribution is 8.01. The van der Waals surface area contributed by atoms with Crippen molar-refractivity contribution in [2.75, 3.05) is 23.4 Å². The first-order chi connectivity index (χ1) is 16.4. The van der Waals surface area contributed by atoms with Crippen molar-refractivity contribution >= 4 is 73.0 Å². The molecule has 3 aromatic rings. The van der Waals surface area contributed by atoms with Crippen molar-refractivity contribution in [2.45, 2.75) is 16.6 Å². The third kappa shape index (κ3) is 5.31. The van der Waals surface area contributed by atoms with Gasteiger partial charge in [0.1, 0.15) is 5.37 Å². The van der Waals surface area contributed by atoms with Gasteiger partial charge in [-0.3, -0.25) is 5.32 Å². The van der Waals surface area contributed by atoms with Gasteiger partial charge in [-0.05, 0) is 36.4 Å². The molecule has 0 amide bonds. The van der Waals surface area contributed by atoms with E-state index in [9.17, 15) is 31.5 Å². The molecule has 3 N–H and O–H groups in total. The predicted octanol–water partition coefficient (Wildman–Crippen LogP) is 5.44. The number of alkyl halides is 3. The third-order valence-electron chi connectivity index (χ3n) is 5.20. The minimum atomic E-state index is -4.89. The van der Waals surface area contributed by atoms with Crippen LogP contribution in [0.4, 0.5) is 24.5 Å². The van der Waals surface area contributed by atoms with Gasteiger partial charge in [0.15, 0.2) is 5.03 Å². The Kier molecular flexibility index (Phi) is 7.13. The number of carboxylic acids is 1. The van der Waals surface area contributed by atoms with Crippen LogP contribution in [0, 0.1) is 0 Å². The second-order valence-electron chi connectivity index (χ2n) is 7.54. The second kappa shape index (κ2) is 9.66. The van der Waals surface area contributed by atoms with Crippen LogP contribution >= 0.6 is 35.0 Å². The van der Waals surface area contributed by atoms with Gasteiger partial charge in [0.2, 0.25) is 9.84 Å². The first-order valence-corrected chi connectivity index (χ1v) is 13.4. The van der Waals surface area contributed by atoms with Crippen LogP contribution in [0.5, 0.6) is 0 Å². The first-order valence-electron chi connectivity index (χ1n) is 9.94. The van der Waals surface area contributed by atoms with Gasteiger partial charge in [-0.15, -0.1) is 0 Å². The van der Waals surface area contributed by atoms with E-state index < -0.39 is 43.5 Å². The van der Waals surface area contributed by atoms with Gasteiger partial charge in [-0.2, -0.15) is 24.9 Å². The molecule has 0 saturated carbocycles. The van der Waals surface area contributed by atoms with Crippen molar-refractivity contribution in [2.24, 2.45) is 0 Å². The number of aromatic carboxylic acids is 1. The van der Waals surface area contributed by atoms with Crippen molar-refractivity contribution in [1.82, 2.24) is 10.3 Å². The van der Waals surface area contributed by atoms with Crippen molar-refractivity contribution in [3.8, 4) is 0 Å². The Labute approximate surface area is 211 Å². The molecule has 1 aliphatic rings. The van der Waals surface area contributed by atoms with Gasteiger partial charge in [-0.1, -0.05) is 23.2 Å². The highest BCUT2D eigenvalue weighted by atomic mass is 35.5. The molecule has 2 aromatic carbocycles. The van der Waals surface area contributed by atoms with E-state index in [1.807, 2.05) is 0 Å². The van der Waals surface area contributed by atoms with Crippen LogP contribution < -0.4 is 10.6 Å². The van der Waals surface area contributed by atoms with Crippen LogP contribution in [0.3, 0.4) is 0 Å². The predicted molar refractivity (Wildman–Crippen MR) is 130 cm³/mol. The molecule has 7 nitrogen and oxygen atoms in total. The van der Waals surface area contributed by atoms with E-state index in [1.54, 1.807) is 0 Å². The standard InChI is InChI=1S/C21H16Cl2F3N3O4S2/c22-10-1-2-15(13(5-10)20(30)31)28-16-8-17(35(32,33)18-9-34-4-3-27-18)29-19-12(16)6-11(23)7-14(19)21(24,25)26/h1-2,5-8,18,27H,3-4,9H2,(H,28,29)(H,30,31). The summed E-state index contributed by atoms with van der Waals surface area (Å²) in [4.78, 5) is 15.6. The summed E-state index contributed by atoms with van der Waals surface area (Å²) in [6.45, 7) is 0.406. The molecule has 1 saturated heterocycles. The van der Waals surface area contributed by atoms with Crippen molar-refractivity contribution in [1.29, 1.82) is 0 Å². The maximum atomic E-state index is 13.9. The molecule has 1 aromatic heterocycles. The van der Waals surface area contributed by atoms with E-state index in [4.69, 9.17) is 23.2 Å². The Balaban J connectivity index is 1.99. The molecule has 0 bridgehead atoms. The number of rotatable bonds is 5. The van der Waals surface area contributed by atoms with Gasteiger partial charge < -0.3 is 10.4 Å². The number of pyridine rings is 1. The zero-order valence-electron chi connectivity index (χ0n) is 17.5. The smallest absolute Gasteiger partial charge is 0.418 e. The average molecular weight is 566 g/mol. The lowest BCUT2D eigenvalue weighted by Crippen LogP contribution is -2.43. The van der Waals surface area contributed by atoms with Crippen LogP contribution in [0.15, 0.2) is 41.4 Å². The molecule has 0 aliphatic carbocycles. The van der Waals surface area contributed by atoms with E-state index in [1.165, 1.54) is 30.0 Å². The number of nitrogens with one attached hydrogen (secondary N) is 2. The lowest BCUT2D eigenvalue weighted by Gasteiger charge is -2.23. The van der Waals surface area contributed by atoms with Gasteiger partial charge >= 0.3 is 12.1 Å². The monoisotopic (exact) mass is 565 g/mol. The fourth-order valence-corrected chi connectivity index (χ4v) is 6.85. The molecule has 1 unspecified atom stereocenters. The number of aromatic nitrogens is 1. The van der Waals surface area contributed by atoms with Gasteiger partial charge in [0.05, 0.1) is 28.0 Å². The summed E-state index contributed by atoms with van der Waals surface area (Å²) in [5.74, 6) is -0.466. The van der Waals surface area contributed by atoms with Crippen LogP contribution in [0.25, 0.3) is 10.9 Å². The Morgan fingerprint density at radius 3 is 2.51 bits per heavy atom. The molecule has 1 atom stereocenters. The summed E-state index contributed by atoms with van der Waals surface area (Å²) < 4.78 is 68.2. The van der Waals surface area contributed by atoms with E-state index in [0.717, 1.165) is 12.1 Å². The quantitative estimate of drug-likeness (QED) is 0.375. The maximum Gasteiger partial charge on any atom is 0.418 e. The summed E-state index contributed by atoms with van der Waals surface area (Å²) in [5.41, 5.74) is -2.26. The number of carbonyl (C=O) groups is 1. The van der Waals surface area contributed by atoms with E-state index in [0.29, 0.717) is 18.4 Å². The molecule has 1 aliphatic heterocycles. The van der Waals surface area contributed by atoms with Crippen LogP contribution in [-0.4, -0.2) is 47.9 Å². The summed E-state index contributed by atoms with van der Waals surface area (Å²) in [5, 5.41) is 13.2. The van der Waals surface area contributed by atoms with Crippen molar-refractivity contribution < 1.29 is 31.5 Å². The van der Waals surface area contributed by atoms with Crippen molar-refractivity contribution in [3.05, 3.63) is 57.6 Å². The maximum absolute atomic E-state index is 13.9. The average Bonchev–Trinajstić information content (AvgIpc) is 2.79. The number of anilines is 2. The fraction of sp³-hybridized carbons (Fsp3) is 0.238. The first kappa shape index (κ1) is 25.8. The van der Waals surface area contributed by atoms with Crippen molar-refractivity contribution in [3.63, 3.8) is 0 Å². The topological polar surface area (TPSA) is 108 Å². The molecule has 2 heterocycles. The Bertz CT molecular complexity index is 1430. The van der Waals surface area contributed by atoms with E-state index >= 15 is 0 Å². The number of halogens is 5. The number of carboxylic acid groups (broad SMARTS) is 1. The second-order valence-corrected chi connectivity index (χ2v) is 11.6. The number of benzene rings is 2. The molecule has 35 heavy (non-hydrogen) atoms. The summed E-state index contributed by atoms with van der Waals surface area (Å²) in [6.07, 6.45) is -4.89. The third-order valence-corrected chi connectivity index (χ3v) is 8.80. The Morgan fingerprint density at radius 2 is 1.89 bits per heavy atom. The zero-order valence-corrected chi connectivity index (χ0v) is 20.6. The molecule has 0 radical (unpaired) electrons. The van der Waals surface area contributed by atoms with Crippen LogP contribution in [0.1, 0.15) is 15.9 Å². The normalized spacial score (nSPS) is 16.9. The summed E-state index contributed by atoms with van der Waals surface area (Å²) in [6, 6.07) is 6.80. The van der Waals surface area contributed by atoms with Gasteiger partial charge in [-0.25, -0.2) is 18.2 Å². The number of sulfone groups is 1. The number of fused-ring (bicyclic) bond motifs is 1. The highest BCUT2D eigenvalue weighted by Crippen LogP contribution is 2.40. The van der Waals surface area contributed by atoms with Crippen LogP contribution in [0.2, 0.25) is 10.0 Å². The van der Waals surface area contributed by atoms with E-state index in [-0.39, 0.29) is 38.1 Å². The fourth-order valence-electron chi connectivity index (χ4n) is 3.57. The van der Waals surface area contributed by atoms with E-state index in [2.05, 4.69) is 15.6 Å². The molecule has 186 valence electrons. The number of thioether (sulfide) groups is 1. The molecular formula is C21H16Cl2F3N3O4S2. The highest BCUT2D eigenvalue weighted by Gasteiger charge is 2.36. The number of hydrogen-bond acceptors (Lipinski definition) is 7. The molecule has 1 fully saturated rings. The molecule has 14 heteroatoms. The summed E-state index contributed by atoms with van der Waals surface area (Å²) >= 11 is 13.2.